The largest absolute Gasteiger partial charge is 0.398 e. The van der Waals surface area contributed by atoms with Crippen molar-refractivity contribution in [1.29, 1.82) is 0 Å². The quantitative estimate of drug-likeness (QED) is 0.839. The summed E-state index contributed by atoms with van der Waals surface area (Å²) in [5.41, 5.74) is 6.79. The molecule has 1 amide bonds. The SMILES string of the molecule is Cc1c(N)cc(C(=O)N2CC(C)C(N(C)C)C2)cc1F. The van der Waals surface area contributed by atoms with E-state index in [0.29, 0.717) is 41.9 Å². The van der Waals surface area contributed by atoms with Gasteiger partial charge >= 0.3 is 0 Å². The minimum atomic E-state index is -0.426. The van der Waals surface area contributed by atoms with E-state index in [0.717, 1.165) is 0 Å². The molecule has 2 unspecified atom stereocenters. The molecule has 2 atom stereocenters. The molecule has 110 valence electrons. The van der Waals surface area contributed by atoms with E-state index in [4.69, 9.17) is 5.73 Å². The Hall–Kier alpha value is -1.62. The smallest absolute Gasteiger partial charge is 0.254 e. The molecule has 0 radical (unpaired) electrons. The van der Waals surface area contributed by atoms with Crippen LogP contribution in [0.15, 0.2) is 12.1 Å². The Morgan fingerprint density at radius 1 is 1.40 bits per heavy atom. The maximum Gasteiger partial charge on any atom is 0.254 e. The van der Waals surface area contributed by atoms with Crippen LogP contribution in [0.1, 0.15) is 22.8 Å². The lowest BCUT2D eigenvalue weighted by Gasteiger charge is -2.22. The number of nitrogens with two attached hydrogens (primary N) is 1. The highest BCUT2D eigenvalue weighted by Crippen LogP contribution is 2.24. The number of amides is 1. The zero-order valence-electron chi connectivity index (χ0n) is 12.5. The van der Waals surface area contributed by atoms with E-state index >= 15 is 0 Å². The van der Waals surface area contributed by atoms with Gasteiger partial charge in [0, 0.05) is 35.9 Å². The number of rotatable bonds is 2. The molecular weight excluding hydrogens is 257 g/mol. The van der Waals surface area contributed by atoms with Crippen LogP contribution in [0.5, 0.6) is 0 Å². The van der Waals surface area contributed by atoms with Crippen LogP contribution in [0.4, 0.5) is 10.1 Å². The molecule has 2 N–H and O–H groups in total. The number of anilines is 1. The predicted molar refractivity (Wildman–Crippen MR) is 78.1 cm³/mol. The summed E-state index contributed by atoms with van der Waals surface area (Å²) in [6.07, 6.45) is 0. The van der Waals surface area contributed by atoms with Crippen LogP contribution >= 0.6 is 0 Å². The van der Waals surface area contributed by atoms with Gasteiger partial charge in [0.1, 0.15) is 5.82 Å². The fourth-order valence-corrected chi connectivity index (χ4v) is 2.79. The van der Waals surface area contributed by atoms with Crippen molar-refractivity contribution in [1.82, 2.24) is 9.80 Å². The molecule has 1 aromatic carbocycles. The Morgan fingerprint density at radius 3 is 2.55 bits per heavy atom. The maximum atomic E-state index is 13.7. The number of nitrogens with zero attached hydrogens (tertiary/aromatic N) is 2. The lowest BCUT2D eigenvalue weighted by molar-refractivity contribution is 0.0781. The molecule has 1 saturated heterocycles. The molecule has 20 heavy (non-hydrogen) atoms. The van der Waals surface area contributed by atoms with Gasteiger partial charge in [-0.3, -0.25) is 4.79 Å². The van der Waals surface area contributed by atoms with E-state index in [2.05, 4.69) is 11.8 Å². The van der Waals surface area contributed by atoms with Crippen LogP contribution in [-0.4, -0.2) is 48.9 Å². The first kappa shape index (κ1) is 14.8. The van der Waals surface area contributed by atoms with Gasteiger partial charge in [-0.15, -0.1) is 0 Å². The van der Waals surface area contributed by atoms with Crippen molar-refractivity contribution in [3.63, 3.8) is 0 Å². The summed E-state index contributed by atoms with van der Waals surface area (Å²) >= 11 is 0. The molecule has 1 aromatic rings. The van der Waals surface area contributed by atoms with Crippen LogP contribution < -0.4 is 5.73 Å². The fraction of sp³-hybridized carbons (Fsp3) is 0.533. The molecule has 5 heteroatoms. The molecule has 4 nitrogen and oxygen atoms in total. The second-order valence-corrected chi connectivity index (χ2v) is 5.89. The second kappa shape index (κ2) is 5.40. The van der Waals surface area contributed by atoms with Crippen molar-refractivity contribution in [2.45, 2.75) is 19.9 Å². The van der Waals surface area contributed by atoms with Crippen molar-refractivity contribution in [3.8, 4) is 0 Å². The van der Waals surface area contributed by atoms with Crippen molar-refractivity contribution < 1.29 is 9.18 Å². The average molecular weight is 279 g/mol. The number of halogens is 1. The summed E-state index contributed by atoms with van der Waals surface area (Å²) in [5.74, 6) is -0.168. The molecule has 1 fully saturated rings. The van der Waals surface area contributed by atoms with Gasteiger partial charge < -0.3 is 15.5 Å². The summed E-state index contributed by atoms with van der Waals surface area (Å²) in [5, 5.41) is 0. The highest BCUT2D eigenvalue weighted by Gasteiger charge is 2.34. The molecule has 1 aliphatic heterocycles. The van der Waals surface area contributed by atoms with Gasteiger partial charge in [0.25, 0.3) is 5.91 Å². The highest BCUT2D eigenvalue weighted by atomic mass is 19.1. The number of hydrogen-bond acceptors (Lipinski definition) is 3. The van der Waals surface area contributed by atoms with Crippen LogP contribution in [0, 0.1) is 18.7 Å². The van der Waals surface area contributed by atoms with Gasteiger partial charge in [0.05, 0.1) is 0 Å². The molecule has 0 aliphatic carbocycles. The summed E-state index contributed by atoms with van der Waals surface area (Å²) in [7, 11) is 4.03. The molecule has 0 bridgehead atoms. The first-order valence-electron chi connectivity index (χ1n) is 6.82. The molecule has 0 saturated carbocycles. The summed E-state index contributed by atoms with van der Waals surface area (Å²) < 4.78 is 13.7. The standard InChI is InChI=1S/C15H22FN3O/c1-9-7-19(8-14(9)18(3)4)15(20)11-5-12(16)10(2)13(17)6-11/h5-6,9,14H,7-8,17H2,1-4H3. The summed E-state index contributed by atoms with van der Waals surface area (Å²) in [6.45, 7) is 5.10. The number of likely N-dealkylation sites (tertiary alicyclic amines) is 1. The van der Waals surface area contributed by atoms with Crippen LogP contribution in [0.3, 0.4) is 0 Å². The molecule has 0 spiro atoms. The van der Waals surface area contributed by atoms with E-state index in [-0.39, 0.29) is 5.91 Å². The van der Waals surface area contributed by atoms with Crippen LogP contribution in [0.2, 0.25) is 0 Å². The van der Waals surface area contributed by atoms with Crippen molar-refractivity contribution in [2.75, 3.05) is 32.9 Å². The summed E-state index contributed by atoms with van der Waals surface area (Å²) in [6, 6.07) is 3.18. The van der Waals surface area contributed by atoms with Crippen molar-refractivity contribution in [3.05, 3.63) is 29.1 Å². The first-order chi connectivity index (χ1) is 9.31. The van der Waals surface area contributed by atoms with E-state index in [1.165, 1.54) is 6.07 Å². The predicted octanol–water partition coefficient (Wildman–Crippen LogP) is 1.74. The monoisotopic (exact) mass is 279 g/mol. The second-order valence-electron chi connectivity index (χ2n) is 5.89. The van der Waals surface area contributed by atoms with Crippen LogP contribution in [0.25, 0.3) is 0 Å². The van der Waals surface area contributed by atoms with Crippen molar-refractivity contribution >= 4 is 11.6 Å². The molecule has 1 aliphatic rings. The van der Waals surface area contributed by atoms with E-state index < -0.39 is 5.82 Å². The Balaban J connectivity index is 2.21. The van der Waals surface area contributed by atoms with E-state index in [1.54, 1.807) is 17.9 Å². The molecule has 1 heterocycles. The lowest BCUT2D eigenvalue weighted by Crippen LogP contribution is -2.35. The third kappa shape index (κ3) is 2.63. The van der Waals surface area contributed by atoms with Gasteiger partial charge in [-0.25, -0.2) is 4.39 Å². The van der Waals surface area contributed by atoms with E-state index in [1.807, 2.05) is 14.1 Å². The number of benzene rings is 1. The van der Waals surface area contributed by atoms with E-state index in [9.17, 15) is 9.18 Å². The normalized spacial score (nSPS) is 22.6. The maximum absolute atomic E-state index is 13.7. The van der Waals surface area contributed by atoms with Gasteiger partial charge in [0.15, 0.2) is 0 Å². The van der Waals surface area contributed by atoms with Gasteiger partial charge in [-0.2, -0.15) is 0 Å². The average Bonchev–Trinajstić information content (AvgIpc) is 2.76. The number of hydrogen-bond donors (Lipinski definition) is 1. The third-order valence-electron chi connectivity index (χ3n) is 4.15. The molecular formula is C15H22FN3O. The minimum absolute atomic E-state index is 0.146. The Bertz CT molecular complexity index is 507. The summed E-state index contributed by atoms with van der Waals surface area (Å²) in [4.78, 5) is 16.4. The first-order valence-corrected chi connectivity index (χ1v) is 6.82. The Labute approximate surface area is 119 Å². The molecule has 2 rings (SSSR count). The third-order valence-corrected chi connectivity index (χ3v) is 4.15. The van der Waals surface area contributed by atoms with Crippen LogP contribution in [-0.2, 0) is 0 Å². The Morgan fingerprint density at radius 2 is 2.05 bits per heavy atom. The zero-order chi connectivity index (χ0) is 15.0. The minimum Gasteiger partial charge on any atom is -0.398 e. The van der Waals surface area contributed by atoms with Gasteiger partial charge in [-0.1, -0.05) is 6.92 Å². The number of carbonyl (C=O) groups excluding carboxylic acids is 1. The number of nitrogen functional groups attached to an aromatic ring is 1. The van der Waals surface area contributed by atoms with Gasteiger partial charge in [-0.05, 0) is 39.1 Å². The highest BCUT2D eigenvalue weighted by molar-refractivity contribution is 5.95. The Kier molecular flexibility index (Phi) is 3.99. The lowest BCUT2D eigenvalue weighted by atomic mass is 10.1. The number of carbonyl (C=O) groups is 1. The van der Waals surface area contributed by atoms with Crippen molar-refractivity contribution in [2.24, 2.45) is 5.92 Å². The molecule has 0 aromatic heterocycles. The topological polar surface area (TPSA) is 49.6 Å². The zero-order valence-corrected chi connectivity index (χ0v) is 12.5. The number of likely N-dealkylation sites (N-methyl/N-ethyl adjacent to an activating group) is 1. The van der Waals surface area contributed by atoms with Gasteiger partial charge in [0.2, 0.25) is 0 Å². The fourth-order valence-electron chi connectivity index (χ4n) is 2.79.